The van der Waals surface area contributed by atoms with Crippen molar-refractivity contribution < 1.29 is 4.74 Å². The van der Waals surface area contributed by atoms with E-state index in [0.717, 1.165) is 37.9 Å². The molecule has 1 fully saturated rings. The number of benzene rings is 1. The van der Waals surface area contributed by atoms with Crippen LogP contribution >= 0.6 is 0 Å². The lowest BCUT2D eigenvalue weighted by molar-refractivity contribution is 0.0612. The molecule has 0 radical (unpaired) electrons. The zero-order chi connectivity index (χ0) is 30.5. The highest BCUT2D eigenvalue weighted by Gasteiger charge is 2.71. The van der Waals surface area contributed by atoms with Crippen LogP contribution in [0.4, 0.5) is 0 Å². The van der Waals surface area contributed by atoms with Gasteiger partial charge in [-0.25, -0.2) is 0 Å². The zero-order valence-electron chi connectivity index (χ0n) is 27.2. The highest BCUT2D eigenvalue weighted by molar-refractivity contribution is 5.56. The van der Waals surface area contributed by atoms with Crippen molar-refractivity contribution in [3.8, 4) is 0 Å². The summed E-state index contributed by atoms with van der Waals surface area (Å²) in [6, 6.07) is 10.1. The third kappa shape index (κ3) is 3.54. The average molecular weight is 606 g/mol. The molecule has 1 spiro atoms. The third-order valence-electron chi connectivity index (χ3n) is 14.1. The first kappa shape index (κ1) is 27.6. The first-order chi connectivity index (χ1) is 22.7. The van der Waals surface area contributed by atoms with E-state index >= 15 is 0 Å². The maximum atomic E-state index is 6.64. The van der Waals surface area contributed by atoms with Crippen molar-refractivity contribution in [3.05, 3.63) is 143 Å². The van der Waals surface area contributed by atoms with Crippen LogP contribution in [-0.2, 0) is 10.2 Å². The number of nitrogens with zero attached hydrogens (tertiary/aromatic N) is 1. The van der Waals surface area contributed by atoms with Gasteiger partial charge < -0.3 is 9.64 Å². The topological polar surface area (TPSA) is 12.5 Å². The van der Waals surface area contributed by atoms with Gasteiger partial charge in [-0.15, -0.1) is 0 Å². The van der Waals surface area contributed by atoms with Gasteiger partial charge in [-0.3, -0.25) is 0 Å². The van der Waals surface area contributed by atoms with Crippen LogP contribution in [0.2, 0.25) is 0 Å². The predicted molar refractivity (Wildman–Crippen MR) is 187 cm³/mol. The van der Waals surface area contributed by atoms with Gasteiger partial charge in [-0.05, 0) is 128 Å². The summed E-state index contributed by atoms with van der Waals surface area (Å²) < 4.78 is 6.64. The largest absolute Gasteiger partial charge is 0.486 e. The fourth-order valence-electron chi connectivity index (χ4n) is 12.5. The van der Waals surface area contributed by atoms with Crippen LogP contribution in [0.1, 0.15) is 81.8 Å². The van der Waals surface area contributed by atoms with Crippen molar-refractivity contribution in [1.29, 1.82) is 0 Å². The molecule has 1 aromatic carbocycles. The van der Waals surface area contributed by atoms with Crippen LogP contribution in [0, 0.1) is 35.0 Å². The molecule has 234 valence electrons. The van der Waals surface area contributed by atoms with Gasteiger partial charge in [0.1, 0.15) is 11.9 Å². The van der Waals surface area contributed by atoms with Crippen molar-refractivity contribution in [2.45, 2.75) is 88.2 Å². The molecular weight excluding hydrogens is 558 g/mol. The fourth-order valence-corrected chi connectivity index (χ4v) is 12.5. The number of hydrogen-bond donors (Lipinski definition) is 0. The van der Waals surface area contributed by atoms with Gasteiger partial charge in [0.25, 0.3) is 0 Å². The summed E-state index contributed by atoms with van der Waals surface area (Å²) in [5, 5.41) is 0. The number of fused-ring (bicyclic) bond motifs is 12. The quantitative estimate of drug-likeness (QED) is 0.318. The molecule has 0 amide bonds. The maximum Gasteiger partial charge on any atom is 0.125 e. The van der Waals surface area contributed by atoms with Crippen LogP contribution in [0.5, 0.6) is 0 Å². The van der Waals surface area contributed by atoms with Crippen molar-refractivity contribution in [2.24, 2.45) is 35.0 Å². The molecule has 0 aromatic heterocycles. The van der Waals surface area contributed by atoms with Gasteiger partial charge in [0, 0.05) is 34.7 Å². The molecule has 1 heterocycles. The molecular formula is C44H47NO. The lowest BCUT2D eigenvalue weighted by Crippen LogP contribution is -2.51. The van der Waals surface area contributed by atoms with Crippen LogP contribution in [0.25, 0.3) is 0 Å². The first-order valence-corrected chi connectivity index (χ1v) is 18.4. The van der Waals surface area contributed by atoms with Crippen molar-refractivity contribution in [1.82, 2.24) is 4.90 Å². The van der Waals surface area contributed by atoms with E-state index in [9.17, 15) is 0 Å². The highest BCUT2D eigenvalue weighted by atomic mass is 16.5. The summed E-state index contributed by atoms with van der Waals surface area (Å²) in [5.41, 5.74) is 8.13. The Hall–Kier alpha value is -3.52. The molecule has 0 saturated heterocycles. The lowest BCUT2D eigenvalue weighted by atomic mass is 9.51. The summed E-state index contributed by atoms with van der Waals surface area (Å²) in [6.07, 6.45) is 45.3. The van der Waals surface area contributed by atoms with Gasteiger partial charge in [0.15, 0.2) is 0 Å². The Bertz CT molecular complexity index is 1740. The standard InChI is InChI=1S/C44H47NO/c1-43-27-12-11-19-35(43)33-17-6-9-21-37(33)44(43)36-20-8-5-16-31(36)32-26-25-30(28-38(32)44)45(29-14-3-2-4-15-29)39-22-13-24-41-42(39)34-18-7-10-23-40(34)46-41/h2-3,5-6,8,10-14,16-17,20,23-26,28,32-33,35,37-39,41-42H,4,7,9,15,18-19,21-22,27H2,1H3. The Morgan fingerprint density at radius 1 is 0.848 bits per heavy atom. The minimum atomic E-state index is 0.136. The van der Waals surface area contributed by atoms with E-state index in [1.54, 1.807) is 16.7 Å². The van der Waals surface area contributed by atoms with Crippen LogP contribution in [0.3, 0.4) is 0 Å². The molecule has 46 heavy (non-hydrogen) atoms. The summed E-state index contributed by atoms with van der Waals surface area (Å²) in [6.45, 7) is 2.71. The Labute approximate surface area is 275 Å². The lowest BCUT2D eigenvalue weighted by Gasteiger charge is -2.53. The molecule has 1 aromatic rings. The maximum absolute atomic E-state index is 6.64. The van der Waals surface area contributed by atoms with Crippen LogP contribution in [0.15, 0.2) is 132 Å². The van der Waals surface area contributed by atoms with E-state index < -0.39 is 0 Å². The molecule has 1 saturated carbocycles. The van der Waals surface area contributed by atoms with Gasteiger partial charge in [-0.2, -0.15) is 0 Å². The Kier molecular flexibility index (Phi) is 6.14. The van der Waals surface area contributed by atoms with E-state index in [4.69, 9.17) is 4.74 Å². The molecule has 10 unspecified atom stereocenters. The molecule has 10 atom stereocenters. The second-order valence-corrected chi connectivity index (χ2v) is 15.7. The molecule has 0 bridgehead atoms. The van der Waals surface area contributed by atoms with Gasteiger partial charge in [0.2, 0.25) is 0 Å². The average Bonchev–Trinajstić information content (AvgIpc) is 3.71. The highest BCUT2D eigenvalue weighted by Crippen LogP contribution is 2.76. The number of hydrogen-bond acceptors (Lipinski definition) is 2. The molecule has 8 aliphatic carbocycles. The Balaban J connectivity index is 1.16. The second-order valence-electron chi connectivity index (χ2n) is 15.7. The SMILES string of the molecule is CC12CC=CCC1C1C=CCCC1C21c2ccccc2C2C=CC(N(C3=CC=CCC3)C3CC=CC4OC5=C(CCC=C5)C43)=CC21. The zero-order valence-corrected chi connectivity index (χ0v) is 27.2. The van der Waals surface area contributed by atoms with Crippen LogP contribution < -0.4 is 0 Å². The molecule has 0 N–H and O–H groups in total. The minimum Gasteiger partial charge on any atom is -0.486 e. The predicted octanol–water partition coefficient (Wildman–Crippen LogP) is 10.1. The molecule has 2 heteroatoms. The summed E-state index contributed by atoms with van der Waals surface area (Å²) in [5.74, 6) is 4.54. The number of allylic oxidation sites excluding steroid dienone is 13. The first-order valence-electron chi connectivity index (χ1n) is 18.4. The van der Waals surface area contributed by atoms with E-state index in [0.29, 0.717) is 41.5 Å². The van der Waals surface area contributed by atoms with Gasteiger partial charge in [0.05, 0.1) is 0 Å². The van der Waals surface area contributed by atoms with Gasteiger partial charge >= 0.3 is 0 Å². The van der Waals surface area contributed by atoms with E-state index in [1.165, 1.54) is 37.1 Å². The number of ether oxygens (including phenoxy) is 1. The Morgan fingerprint density at radius 3 is 2.72 bits per heavy atom. The smallest absolute Gasteiger partial charge is 0.125 e. The van der Waals surface area contributed by atoms with E-state index in [1.807, 2.05) is 0 Å². The second kappa shape index (κ2) is 10.2. The van der Waals surface area contributed by atoms with Crippen LogP contribution in [-0.4, -0.2) is 17.0 Å². The van der Waals surface area contributed by atoms with Crippen molar-refractivity contribution in [2.75, 3.05) is 0 Å². The summed E-state index contributed by atoms with van der Waals surface area (Å²) >= 11 is 0. The molecule has 9 aliphatic rings. The third-order valence-corrected chi connectivity index (χ3v) is 14.1. The van der Waals surface area contributed by atoms with E-state index in [-0.39, 0.29) is 16.9 Å². The monoisotopic (exact) mass is 605 g/mol. The molecule has 2 nitrogen and oxygen atoms in total. The fraction of sp³-hybridized carbons (Fsp3) is 0.455. The Morgan fingerprint density at radius 2 is 1.78 bits per heavy atom. The van der Waals surface area contributed by atoms with E-state index in [2.05, 4.69) is 121 Å². The summed E-state index contributed by atoms with van der Waals surface area (Å²) in [7, 11) is 0. The minimum absolute atomic E-state index is 0.136. The molecule has 1 aliphatic heterocycles. The van der Waals surface area contributed by atoms with Gasteiger partial charge in [-0.1, -0.05) is 91.9 Å². The van der Waals surface area contributed by atoms with Crippen molar-refractivity contribution in [3.63, 3.8) is 0 Å². The molecule has 10 rings (SSSR count). The normalized spacial score (nSPS) is 42.1. The number of rotatable bonds is 3. The summed E-state index contributed by atoms with van der Waals surface area (Å²) in [4.78, 5) is 2.82. The van der Waals surface area contributed by atoms with Crippen molar-refractivity contribution >= 4 is 0 Å².